The average Bonchev–Trinajstić information content (AvgIpc) is 3.44. The van der Waals surface area contributed by atoms with Gasteiger partial charge in [-0.2, -0.15) is 0 Å². The highest BCUT2D eigenvalue weighted by Gasteiger charge is 2.44. The SMILES string of the molecule is CCNC(=NCC(CC)(CC)CCO)NCC1(c2cccc(F)c2)CC1. The van der Waals surface area contributed by atoms with Gasteiger partial charge in [-0.15, -0.1) is 0 Å². The first-order valence-corrected chi connectivity index (χ1v) is 9.92. The van der Waals surface area contributed by atoms with Crippen molar-refractivity contribution in [3.63, 3.8) is 0 Å². The van der Waals surface area contributed by atoms with Crippen LogP contribution < -0.4 is 10.6 Å². The van der Waals surface area contributed by atoms with Crippen molar-refractivity contribution in [1.29, 1.82) is 0 Å². The quantitative estimate of drug-likeness (QED) is 0.440. The smallest absolute Gasteiger partial charge is 0.191 e. The Morgan fingerprint density at radius 1 is 1.23 bits per heavy atom. The van der Waals surface area contributed by atoms with Gasteiger partial charge in [-0.3, -0.25) is 4.99 Å². The molecule has 0 unspecified atom stereocenters. The summed E-state index contributed by atoms with van der Waals surface area (Å²) >= 11 is 0. The van der Waals surface area contributed by atoms with E-state index in [1.807, 2.05) is 6.07 Å². The molecular formula is C21H34FN3O. The van der Waals surface area contributed by atoms with Crippen LogP contribution >= 0.6 is 0 Å². The van der Waals surface area contributed by atoms with E-state index in [-0.39, 0.29) is 23.3 Å². The Labute approximate surface area is 157 Å². The van der Waals surface area contributed by atoms with Gasteiger partial charge in [0, 0.05) is 31.7 Å². The number of guanidine groups is 1. The van der Waals surface area contributed by atoms with Crippen LogP contribution in [0.5, 0.6) is 0 Å². The summed E-state index contributed by atoms with van der Waals surface area (Å²) in [5, 5.41) is 16.2. The number of hydrogen-bond acceptors (Lipinski definition) is 2. The molecule has 0 radical (unpaired) electrons. The molecule has 1 aromatic carbocycles. The molecule has 0 heterocycles. The summed E-state index contributed by atoms with van der Waals surface area (Å²) in [5.74, 6) is 0.633. The van der Waals surface area contributed by atoms with Crippen molar-refractivity contribution in [2.24, 2.45) is 10.4 Å². The molecule has 2 rings (SSSR count). The Balaban J connectivity index is 2.03. The van der Waals surface area contributed by atoms with Crippen molar-refractivity contribution < 1.29 is 9.50 Å². The van der Waals surface area contributed by atoms with E-state index in [9.17, 15) is 9.50 Å². The van der Waals surface area contributed by atoms with Crippen LogP contribution in [-0.4, -0.2) is 37.3 Å². The minimum absolute atomic E-state index is 0.0238. The first-order chi connectivity index (χ1) is 12.5. The molecule has 1 aliphatic rings. The number of aliphatic hydroxyl groups excluding tert-OH is 1. The van der Waals surface area contributed by atoms with Crippen molar-refractivity contribution >= 4 is 5.96 Å². The largest absolute Gasteiger partial charge is 0.396 e. The molecule has 146 valence electrons. The number of aliphatic imine (C=N–C) groups is 1. The second kappa shape index (κ2) is 9.36. The number of nitrogens with zero attached hydrogens (tertiary/aromatic N) is 1. The van der Waals surface area contributed by atoms with Crippen LogP contribution in [0.3, 0.4) is 0 Å². The van der Waals surface area contributed by atoms with Gasteiger partial charge in [-0.1, -0.05) is 26.0 Å². The first kappa shape index (κ1) is 20.7. The van der Waals surface area contributed by atoms with Crippen molar-refractivity contribution in [2.45, 2.75) is 58.3 Å². The van der Waals surface area contributed by atoms with Crippen LogP contribution in [0.1, 0.15) is 58.4 Å². The van der Waals surface area contributed by atoms with Gasteiger partial charge < -0.3 is 15.7 Å². The maximum Gasteiger partial charge on any atom is 0.191 e. The third-order valence-corrected chi connectivity index (χ3v) is 5.94. The van der Waals surface area contributed by atoms with Crippen molar-refractivity contribution in [3.8, 4) is 0 Å². The van der Waals surface area contributed by atoms with Gasteiger partial charge >= 0.3 is 0 Å². The van der Waals surface area contributed by atoms with Crippen molar-refractivity contribution in [2.75, 3.05) is 26.2 Å². The van der Waals surface area contributed by atoms with Crippen molar-refractivity contribution in [3.05, 3.63) is 35.6 Å². The van der Waals surface area contributed by atoms with Gasteiger partial charge in [0.1, 0.15) is 5.82 Å². The predicted molar refractivity (Wildman–Crippen MR) is 106 cm³/mol. The summed E-state index contributed by atoms with van der Waals surface area (Å²) < 4.78 is 13.6. The van der Waals surface area contributed by atoms with Gasteiger partial charge in [0.05, 0.1) is 0 Å². The van der Waals surface area contributed by atoms with E-state index >= 15 is 0 Å². The molecule has 1 fully saturated rings. The lowest BCUT2D eigenvalue weighted by molar-refractivity contribution is 0.175. The van der Waals surface area contributed by atoms with Crippen LogP contribution in [0.15, 0.2) is 29.3 Å². The van der Waals surface area contributed by atoms with Gasteiger partial charge in [0.15, 0.2) is 5.96 Å². The van der Waals surface area contributed by atoms with Crippen LogP contribution in [0.2, 0.25) is 0 Å². The Kier molecular flexibility index (Phi) is 7.44. The molecule has 0 atom stereocenters. The Morgan fingerprint density at radius 2 is 1.96 bits per heavy atom. The summed E-state index contributed by atoms with van der Waals surface area (Å²) in [6.07, 6.45) is 4.92. The Hall–Kier alpha value is -1.62. The minimum Gasteiger partial charge on any atom is -0.396 e. The van der Waals surface area contributed by atoms with Crippen molar-refractivity contribution in [1.82, 2.24) is 10.6 Å². The molecule has 4 nitrogen and oxygen atoms in total. The number of halogens is 1. The van der Waals surface area contributed by atoms with Crippen LogP contribution in [0, 0.1) is 11.2 Å². The molecule has 0 saturated heterocycles. The third-order valence-electron chi connectivity index (χ3n) is 5.94. The molecule has 1 saturated carbocycles. The fourth-order valence-electron chi connectivity index (χ4n) is 3.52. The molecule has 0 amide bonds. The lowest BCUT2D eigenvalue weighted by Gasteiger charge is -2.29. The molecule has 1 aromatic rings. The summed E-state index contributed by atoms with van der Waals surface area (Å²) in [5.41, 5.74) is 1.14. The summed E-state index contributed by atoms with van der Waals surface area (Å²) in [7, 11) is 0. The molecule has 26 heavy (non-hydrogen) atoms. The van der Waals surface area contributed by atoms with Crippen LogP contribution in [-0.2, 0) is 5.41 Å². The maximum absolute atomic E-state index is 13.6. The van der Waals surface area contributed by atoms with Gasteiger partial charge in [-0.25, -0.2) is 4.39 Å². The lowest BCUT2D eigenvalue weighted by Crippen LogP contribution is -2.42. The molecule has 5 heteroatoms. The van der Waals surface area contributed by atoms with E-state index in [2.05, 4.69) is 31.4 Å². The second-order valence-corrected chi connectivity index (χ2v) is 7.52. The van der Waals surface area contributed by atoms with Gasteiger partial charge in [0.25, 0.3) is 0 Å². The molecule has 0 aliphatic heterocycles. The fourth-order valence-corrected chi connectivity index (χ4v) is 3.52. The normalized spacial score (nSPS) is 16.4. The zero-order valence-corrected chi connectivity index (χ0v) is 16.4. The topological polar surface area (TPSA) is 56.7 Å². The highest BCUT2D eigenvalue weighted by molar-refractivity contribution is 5.80. The summed E-state index contributed by atoms with van der Waals surface area (Å²) in [6.45, 7) is 8.83. The molecule has 0 spiro atoms. The average molecular weight is 364 g/mol. The van der Waals surface area contributed by atoms with E-state index in [4.69, 9.17) is 4.99 Å². The molecular weight excluding hydrogens is 329 g/mol. The predicted octanol–water partition coefficient (Wildman–Crippen LogP) is 3.60. The van der Waals surface area contributed by atoms with Crippen LogP contribution in [0.4, 0.5) is 4.39 Å². The zero-order chi connectivity index (χ0) is 19.0. The van der Waals surface area contributed by atoms with E-state index < -0.39 is 0 Å². The van der Waals surface area contributed by atoms with E-state index in [0.717, 1.165) is 56.7 Å². The standard InChI is InChI=1S/C21H34FN3O/c1-4-20(5-2,12-13-26)15-24-19(23-6-3)25-16-21(10-11-21)17-8-7-9-18(22)14-17/h7-9,14,26H,4-6,10-13,15-16H2,1-3H3,(H2,23,24,25). The number of nitrogens with one attached hydrogen (secondary N) is 2. The monoisotopic (exact) mass is 363 g/mol. The second-order valence-electron chi connectivity index (χ2n) is 7.52. The molecule has 1 aliphatic carbocycles. The van der Waals surface area contributed by atoms with E-state index in [1.54, 1.807) is 12.1 Å². The molecule has 0 aromatic heterocycles. The van der Waals surface area contributed by atoms with Gasteiger partial charge in [-0.05, 0) is 62.1 Å². The minimum atomic E-state index is -0.172. The maximum atomic E-state index is 13.6. The van der Waals surface area contributed by atoms with Gasteiger partial charge in [0.2, 0.25) is 0 Å². The molecule has 0 bridgehead atoms. The Morgan fingerprint density at radius 3 is 2.50 bits per heavy atom. The number of hydrogen-bond donors (Lipinski definition) is 3. The highest BCUT2D eigenvalue weighted by atomic mass is 19.1. The Bertz CT molecular complexity index is 595. The first-order valence-electron chi connectivity index (χ1n) is 9.92. The lowest BCUT2D eigenvalue weighted by atomic mass is 9.79. The molecule has 3 N–H and O–H groups in total. The summed E-state index contributed by atoms with van der Waals surface area (Å²) in [4.78, 5) is 4.80. The van der Waals surface area contributed by atoms with E-state index in [1.165, 1.54) is 6.07 Å². The number of rotatable bonds is 10. The van der Waals surface area contributed by atoms with Crippen LogP contribution in [0.25, 0.3) is 0 Å². The third kappa shape index (κ3) is 5.19. The zero-order valence-electron chi connectivity index (χ0n) is 16.4. The fraction of sp³-hybridized carbons (Fsp3) is 0.667. The van der Waals surface area contributed by atoms with E-state index in [0.29, 0.717) is 6.54 Å². The summed E-state index contributed by atoms with van der Waals surface area (Å²) in [6, 6.07) is 6.95. The number of aliphatic hydroxyl groups is 1. The number of benzene rings is 1. The highest BCUT2D eigenvalue weighted by Crippen LogP contribution is 2.47.